The van der Waals surface area contributed by atoms with E-state index in [1.54, 1.807) is 31.0 Å². The van der Waals surface area contributed by atoms with Gasteiger partial charge < -0.3 is 5.73 Å². The average Bonchev–Trinajstić information content (AvgIpc) is 2.95. The quantitative estimate of drug-likeness (QED) is 0.710. The van der Waals surface area contributed by atoms with Crippen molar-refractivity contribution in [1.82, 2.24) is 29.7 Å². The van der Waals surface area contributed by atoms with Gasteiger partial charge in [-0.15, -0.1) is 0 Å². The number of anilines is 1. The van der Waals surface area contributed by atoms with Crippen LogP contribution < -0.4 is 5.73 Å². The van der Waals surface area contributed by atoms with Crippen LogP contribution in [0.25, 0.3) is 17.2 Å². The Labute approximate surface area is 127 Å². The third kappa shape index (κ3) is 2.35. The van der Waals surface area contributed by atoms with Gasteiger partial charge >= 0.3 is 0 Å². The van der Waals surface area contributed by atoms with Crippen molar-refractivity contribution in [3.8, 4) is 17.2 Å². The van der Waals surface area contributed by atoms with Crippen molar-refractivity contribution in [3.05, 3.63) is 40.6 Å². The summed E-state index contributed by atoms with van der Waals surface area (Å²) in [5.74, 6) is 0.530. The van der Waals surface area contributed by atoms with E-state index in [0.717, 1.165) is 5.56 Å². The lowest BCUT2D eigenvalue weighted by Crippen LogP contribution is -2.05. The molecule has 0 saturated heterocycles. The van der Waals surface area contributed by atoms with E-state index < -0.39 is 0 Å². The van der Waals surface area contributed by atoms with Gasteiger partial charge in [-0.2, -0.15) is 15.1 Å². The molecular weight excluding hydrogens is 346 g/mol. The summed E-state index contributed by atoms with van der Waals surface area (Å²) >= 11 is 9.15. The molecule has 9 heteroatoms. The second kappa shape index (κ2) is 5.14. The molecule has 0 aliphatic heterocycles. The Bertz CT molecular complexity index is 735. The van der Waals surface area contributed by atoms with Crippen LogP contribution >= 0.6 is 27.5 Å². The number of hydrogen-bond acceptors (Lipinski definition) is 6. The molecule has 0 aliphatic carbocycles. The highest BCUT2D eigenvalue weighted by molar-refractivity contribution is 9.10. The Balaban J connectivity index is 2.03. The van der Waals surface area contributed by atoms with Crippen LogP contribution in [0.5, 0.6) is 0 Å². The first kappa shape index (κ1) is 12.9. The molecule has 0 spiro atoms. The Morgan fingerprint density at radius 2 is 2.05 bits per heavy atom. The van der Waals surface area contributed by atoms with E-state index in [9.17, 15) is 0 Å². The van der Waals surface area contributed by atoms with E-state index >= 15 is 0 Å². The summed E-state index contributed by atoms with van der Waals surface area (Å²) in [6.07, 6.45) is 8.22. The van der Waals surface area contributed by atoms with Crippen molar-refractivity contribution < 1.29 is 0 Å². The molecule has 20 heavy (non-hydrogen) atoms. The summed E-state index contributed by atoms with van der Waals surface area (Å²) < 4.78 is 1.93. The highest BCUT2D eigenvalue weighted by Gasteiger charge is 2.11. The number of rotatable bonds is 2. The zero-order chi connectivity index (χ0) is 14.1. The van der Waals surface area contributed by atoms with E-state index in [4.69, 9.17) is 17.3 Å². The minimum absolute atomic E-state index is 0.226. The van der Waals surface area contributed by atoms with Gasteiger partial charge in [0.25, 0.3) is 5.95 Å². The Hall–Kier alpha value is -2.06. The van der Waals surface area contributed by atoms with Crippen molar-refractivity contribution in [2.24, 2.45) is 0 Å². The van der Waals surface area contributed by atoms with Gasteiger partial charge in [-0.3, -0.25) is 9.97 Å². The van der Waals surface area contributed by atoms with Crippen LogP contribution in [0.1, 0.15) is 0 Å². The minimum atomic E-state index is 0.226. The molecule has 0 amide bonds. The summed E-state index contributed by atoms with van der Waals surface area (Å²) in [5.41, 5.74) is 7.23. The van der Waals surface area contributed by atoms with Crippen LogP contribution in [0.15, 0.2) is 35.5 Å². The summed E-state index contributed by atoms with van der Waals surface area (Å²) in [6.45, 7) is 0. The summed E-state index contributed by atoms with van der Waals surface area (Å²) in [4.78, 5) is 16.4. The van der Waals surface area contributed by atoms with Crippen LogP contribution in [0, 0.1) is 0 Å². The highest BCUT2D eigenvalue weighted by Crippen LogP contribution is 2.26. The molecule has 0 unspecified atom stereocenters. The first-order valence-electron chi connectivity index (χ1n) is 5.45. The van der Waals surface area contributed by atoms with E-state index in [2.05, 4.69) is 41.0 Å². The average molecular weight is 353 g/mol. The van der Waals surface area contributed by atoms with E-state index in [1.165, 1.54) is 4.68 Å². The van der Waals surface area contributed by atoms with Gasteiger partial charge in [0, 0.05) is 24.2 Å². The van der Waals surface area contributed by atoms with Gasteiger partial charge in [0.05, 0.1) is 22.6 Å². The topological polar surface area (TPSA) is 95.4 Å². The third-order valence-corrected chi connectivity index (χ3v) is 3.75. The van der Waals surface area contributed by atoms with Gasteiger partial charge in [-0.05, 0) is 15.9 Å². The molecule has 3 heterocycles. The largest absolute Gasteiger partial charge is 0.383 e. The summed E-state index contributed by atoms with van der Waals surface area (Å²) in [7, 11) is 0. The number of nitrogens with two attached hydrogens (primary N) is 1. The molecule has 3 aromatic heterocycles. The first-order chi connectivity index (χ1) is 9.65. The normalized spacial score (nSPS) is 10.7. The maximum absolute atomic E-state index is 5.95. The van der Waals surface area contributed by atoms with E-state index in [-0.39, 0.29) is 16.9 Å². The molecule has 0 aliphatic rings. The number of nitrogens with zero attached hydrogens (tertiary/aromatic N) is 6. The number of hydrogen-bond donors (Lipinski definition) is 1. The zero-order valence-electron chi connectivity index (χ0n) is 9.90. The lowest BCUT2D eigenvalue weighted by atomic mass is 10.3. The van der Waals surface area contributed by atoms with E-state index in [1.807, 2.05) is 0 Å². The maximum Gasteiger partial charge on any atom is 0.254 e. The lowest BCUT2D eigenvalue weighted by Gasteiger charge is -2.03. The lowest BCUT2D eigenvalue weighted by molar-refractivity contribution is 0.809. The fourth-order valence-corrected chi connectivity index (χ4v) is 1.89. The monoisotopic (exact) mass is 351 g/mol. The maximum atomic E-state index is 5.95. The molecule has 7 nitrogen and oxygen atoms in total. The standard InChI is InChI=1S/C11H7BrClN7/c12-8-9(13)18-11(19-10(8)14)20-5-6(3-17-20)7-4-15-1-2-16-7/h1-5H,(H2,14,18,19). The number of halogens is 2. The Morgan fingerprint density at radius 3 is 2.75 bits per heavy atom. The van der Waals surface area contributed by atoms with Gasteiger partial charge in [0.15, 0.2) is 5.15 Å². The van der Waals surface area contributed by atoms with Crippen LogP contribution in [0.4, 0.5) is 5.82 Å². The molecule has 0 aromatic carbocycles. The van der Waals surface area contributed by atoms with Gasteiger partial charge in [-0.25, -0.2) is 4.68 Å². The summed E-state index contributed by atoms with van der Waals surface area (Å²) in [5, 5.41) is 4.40. The highest BCUT2D eigenvalue weighted by atomic mass is 79.9. The van der Waals surface area contributed by atoms with Crippen molar-refractivity contribution in [3.63, 3.8) is 0 Å². The number of nitrogen functional groups attached to an aromatic ring is 1. The number of aromatic nitrogens is 6. The smallest absolute Gasteiger partial charge is 0.254 e. The van der Waals surface area contributed by atoms with Crippen LogP contribution in [0.3, 0.4) is 0 Å². The fourth-order valence-electron chi connectivity index (χ4n) is 1.54. The van der Waals surface area contributed by atoms with Gasteiger partial charge in [-0.1, -0.05) is 11.6 Å². The van der Waals surface area contributed by atoms with Crippen molar-refractivity contribution in [2.45, 2.75) is 0 Å². The molecule has 0 bridgehead atoms. The SMILES string of the molecule is Nc1nc(-n2cc(-c3cnccn3)cn2)nc(Cl)c1Br. The van der Waals surface area contributed by atoms with Crippen molar-refractivity contribution in [2.75, 3.05) is 5.73 Å². The summed E-state index contributed by atoms with van der Waals surface area (Å²) in [6, 6.07) is 0. The van der Waals surface area contributed by atoms with Crippen LogP contribution in [-0.4, -0.2) is 29.7 Å². The van der Waals surface area contributed by atoms with Gasteiger partial charge in [0.1, 0.15) is 5.82 Å². The zero-order valence-corrected chi connectivity index (χ0v) is 12.2. The first-order valence-corrected chi connectivity index (χ1v) is 6.62. The molecule has 3 rings (SSSR count). The fraction of sp³-hybridized carbons (Fsp3) is 0. The predicted octanol–water partition coefficient (Wildman–Crippen LogP) is 2.12. The molecule has 0 radical (unpaired) electrons. The second-order valence-electron chi connectivity index (χ2n) is 3.78. The second-order valence-corrected chi connectivity index (χ2v) is 4.93. The van der Waals surface area contributed by atoms with Crippen molar-refractivity contribution in [1.29, 1.82) is 0 Å². The molecule has 0 saturated carbocycles. The molecule has 0 fully saturated rings. The molecule has 0 atom stereocenters. The van der Waals surface area contributed by atoms with Gasteiger partial charge in [0.2, 0.25) is 0 Å². The van der Waals surface area contributed by atoms with Crippen molar-refractivity contribution >= 4 is 33.3 Å². The molecule has 3 aromatic rings. The Kier molecular flexibility index (Phi) is 3.33. The third-order valence-electron chi connectivity index (χ3n) is 2.47. The van der Waals surface area contributed by atoms with Crippen LogP contribution in [0.2, 0.25) is 5.15 Å². The molecule has 2 N–H and O–H groups in total. The van der Waals surface area contributed by atoms with E-state index in [0.29, 0.717) is 10.2 Å². The predicted molar refractivity (Wildman–Crippen MR) is 77.3 cm³/mol. The molecular formula is C11H7BrClN7. The Morgan fingerprint density at radius 1 is 1.20 bits per heavy atom. The minimum Gasteiger partial charge on any atom is -0.383 e. The molecule has 100 valence electrons. The van der Waals surface area contributed by atoms with Crippen LogP contribution in [-0.2, 0) is 0 Å².